The maximum atomic E-state index is 13.1. The summed E-state index contributed by atoms with van der Waals surface area (Å²) in [6, 6.07) is 35.7. The molecule has 4 aromatic rings. The van der Waals surface area contributed by atoms with Gasteiger partial charge in [0.15, 0.2) is 0 Å². The van der Waals surface area contributed by atoms with Crippen LogP contribution in [0.5, 0.6) is 0 Å². The molecule has 0 saturated heterocycles. The van der Waals surface area contributed by atoms with Gasteiger partial charge in [-0.1, -0.05) is 109 Å². The number of nitrogens with zero attached hydrogens (tertiary/aromatic N) is 1. The fourth-order valence-corrected chi connectivity index (χ4v) is 5.09. The zero-order valence-electron chi connectivity index (χ0n) is 19.7. The second-order valence-electron chi connectivity index (χ2n) is 9.02. The van der Waals surface area contributed by atoms with Crippen molar-refractivity contribution >= 4 is 12.0 Å². The van der Waals surface area contributed by atoms with Crippen molar-refractivity contribution in [1.29, 1.82) is 0 Å². The van der Waals surface area contributed by atoms with E-state index in [1.54, 1.807) is 0 Å². The maximum absolute atomic E-state index is 13.1. The zero-order chi connectivity index (χ0) is 24.3. The Balaban J connectivity index is 1.20. The molecule has 0 unspecified atom stereocenters. The Morgan fingerprint density at radius 2 is 1.42 bits per heavy atom. The number of fused-ring (bicyclic) bond motifs is 3. The molecule has 36 heavy (non-hydrogen) atoms. The first-order valence-electron chi connectivity index (χ1n) is 12.2. The fraction of sp³-hybridized carbons (Fsp3) is 0.161. The molecule has 2 aliphatic rings. The van der Waals surface area contributed by atoms with E-state index in [4.69, 9.17) is 14.5 Å². The molecule has 0 radical (unpaired) electrons. The van der Waals surface area contributed by atoms with E-state index in [0.717, 1.165) is 11.1 Å². The third-order valence-electron chi connectivity index (χ3n) is 6.84. The molecule has 1 aliphatic carbocycles. The average Bonchev–Trinajstić information content (AvgIpc) is 3.55. The highest BCUT2D eigenvalue weighted by Crippen LogP contribution is 2.44. The first-order valence-corrected chi connectivity index (χ1v) is 12.2. The van der Waals surface area contributed by atoms with Gasteiger partial charge in [-0.25, -0.2) is 9.79 Å². The number of alkyl carbamates (subject to hydrolysis) is 1. The summed E-state index contributed by atoms with van der Waals surface area (Å²) in [7, 11) is 0. The van der Waals surface area contributed by atoms with Crippen molar-refractivity contribution in [3.63, 3.8) is 0 Å². The normalized spacial score (nSPS) is 16.9. The van der Waals surface area contributed by atoms with Gasteiger partial charge in [0.1, 0.15) is 25.3 Å². The summed E-state index contributed by atoms with van der Waals surface area (Å²) in [5, 5.41) is 3.00. The summed E-state index contributed by atoms with van der Waals surface area (Å²) < 4.78 is 11.8. The smallest absolute Gasteiger partial charge is 0.408 e. The molecule has 0 aromatic heterocycles. The first-order chi connectivity index (χ1) is 17.8. The van der Waals surface area contributed by atoms with Gasteiger partial charge in [0.2, 0.25) is 5.90 Å². The van der Waals surface area contributed by atoms with E-state index in [-0.39, 0.29) is 18.6 Å². The average molecular weight is 475 g/mol. The number of amides is 1. The van der Waals surface area contributed by atoms with E-state index in [2.05, 4.69) is 29.6 Å². The monoisotopic (exact) mass is 474 g/mol. The lowest BCUT2D eigenvalue weighted by Crippen LogP contribution is -2.35. The molecule has 1 amide bonds. The molecule has 2 atom stereocenters. The zero-order valence-corrected chi connectivity index (χ0v) is 19.7. The van der Waals surface area contributed by atoms with Gasteiger partial charge in [0.25, 0.3) is 0 Å². The van der Waals surface area contributed by atoms with E-state index in [1.165, 1.54) is 22.3 Å². The summed E-state index contributed by atoms with van der Waals surface area (Å²) in [5.41, 5.74) is 6.73. The van der Waals surface area contributed by atoms with Crippen molar-refractivity contribution in [3.8, 4) is 11.1 Å². The molecule has 4 aromatic carbocycles. The quantitative estimate of drug-likeness (QED) is 0.350. The van der Waals surface area contributed by atoms with Gasteiger partial charge in [-0.3, -0.25) is 0 Å². The van der Waals surface area contributed by atoms with Gasteiger partial charge in [-0.2, -0.15) is 0 Å². The van der Waals surface area contributed by atoms with Crippen molar-refractivity contribution < 1.29 is 14.3 Å². The molecular formula is C31H26N2O3. The van der Waals surface area contributed by atoms with Crippen LogP contribution in [0.2, 0.25) is 0 Å². The van der Waals surface area contributed by atoms with Crippen LogP contribution in [-0.4, -0.2) is 25.2 Å². The van der Waals surface area contributed by atoms with Crippen LogP contribution in [0.4, 0.5) is 4.79 Å². The predicted octanol–water partition coefficient (Wildman–Crippen LogP) is 6.44. The Hall–Kier alpha value is -4.38. The lowest BCUT2D eigenvalue weighted by Gasteiger charge is -2.20. The number of aliphatic imine (C=N–C) groups is 1. The highest BCUT2D eigenvalue weighted by molar-refractivity contribution is 5.88. The van der Waals surface area contributed by atoms with Crippen molar-refractivity contribution in [2.24, 2.45) is 4.99 Å². The lowest BCUT2D eigenvalue weighted by molar-refractivity contribution is 0.140. The van der Waals surface area contributed by atoms with Crippen LogP contribution >= 0.6 is 0 Å². The Kier molecular flexibility index (Phi) is 5.96. The first kappa shape index (κ1) is 22.1. The van der Waals surface area contributed by atoms with E-state index in [1.807, 2.05) is 84.9 Å². The summed E-state index contributed by atoms with van der Waals surface area (Å²) in [4.78, 5) is 17.9. The minimum atomic E-state index is -0.532. The Labute approximate surface area is 210 Å². The number of benzene rings is 4. The maximum Gasteiger partial charge on any atom is 0.408 e. The van der Waals surface area contributed by atoms with Crippen LogP contribution < -0.4 is 5.32 Å². The minimum Gasteiger partial charge on any atom is -0.477 e. The van der Waals surface area contributed by atoms with Gasteiger partial charge in [0.05, 0.1) is 0 Å². The molecule has 0 bridgehead atoms. The second-order valence-corrected chi connectivity index (χ2v) is 9.02. The molecule has 5 nitrogen and oxygen atoms in total. The summed E-state index contributed by atoms with van der Waals surface area (Å²) in [5.74, 6) is 0.490. The molecule has 6 rings (SSSR count). The van der Waals surface area contributed by atoms with E-state index in [0.29, 0.717) is 12.5 Å². The summed E-state index contributed by atoms with van der Waals surface area (Å²) in [6.07, 6.45) is -0.500. The largest absolute Gasteiger partial charge is 0.477 e. The number of hydrogen-bond acceptors (Lipinski definition) is 4. The summed E-state index contributed by atoms with van der Waals surface area (Å²) in [6.45, 7) is 0.691. The van der Waals surface area contributed by atoms with Crippen molar-refractivity contribution in [3.05, 3.63) is 131 Å². The molecule has 1 heterocycles. The Morgan fingerprint density at radius 1 is 0.833 bits per heavy atom. The Morgan fingerprint density at radius 3 is 2.08 bits per heavy atom. The third-order valence-corrected chi connectivity index (χ3v) is 6.84. The fourth-order valence-electron chi connectivity index (χ4n) is 5.09. The second kappa shape index (κ2) is 9.70. The molecular weight excluding hydrogens is 448 g/mol. The topological polar surface area (TPSA) is 59.9 Å². The highest BCUT2D eigenvalue weighted by Gasteiger charge is 2.32. The summed E-state index contributed by atoms with van der Waals surface area (Å²) >= 11 is 0. The van der Waals surface area contributed by atoms with Crippen molar-refractivity contribution in [2.45, 2.75) is 18.0 Å². The lowest BCUT2D eigenvalue weighted by atomic mass is 9.98. The number of rotatable bonds is 6. The molecule has 178 valence electrons. The number of hydrogen-bond donors (Lipinski definition) is 1. The molecule has 5 heteroatoms. The molecule has 0 fully saturated rings. The van der Waals surface area contributed by atoms with E-state index < -0.39 is 12.1 Å². The molecule has 0 saturated carbocycles. The molecule has 1 N–H and O–H groups in total. The molecule has 0 spiro atoms. The SMILES string of the molecule is O=C(N[C@H](C1=N[C@@H](c2ccccc2)CO1)c1ccccc1)OCC1c2ccccc2-c2ccccc21. The standard InChI is InChI=1S/C31H26N2O3/c34-31(36-19-27-25-17-9-7-15-23(25)24-16-8-10-18-26(24)27)33-29(22-13-5-2-6-14-22)30-32-28(20-35-30)21-11-3-1-4-12-21/h1-18,27-29H,19-20H2,(H,33,34)/t28-,29+/m1/s1. The van der Waals surface area contributed by atoms with E-state index in [9.17, 15) is 4.79 Å². The number of carbonyl (C=O) groups excluding carboxylic acids is 1. The van der Waals surface area contributed by atoms with Crippen molar-refractivity contribution in [2.75, 3.05) is 13.2 Å². The van der Waals surface area contributed by atoms with Crippen LogP contribution in [0, 0.1) is 0 Å². The minimum absolute atomic E-state index is 0.000794. The third kappa shape index (κ3) is 4.24. The van der Waals surface area contributed by atoms with Gasteiger partial charge in [-0.15, -0.1) is 0 Å². The van der Waals surface area contributed by atoms with E-state index >= 15 is 0 Å². The van der Waals surface area contributed by atoms with Gasteiger partial charge in [0, 0.05) is 5.92 Å². The number of carbonyl (C=O) groups is 1. The van der Waals surface area contributed by atoms with Gasteiger partial charge in [-0.05, 0) is 33.4 Å². The van der Waals surface area contributed by atoms with Gasteiger partial charge < -0.3 is 14.8 Å². The highest BCUT2D eigenvalue weighted by atomic mass is 16.5. The number of ether oxygens (including phenoxy) is 2. The van der Waals surface area contributed by atoms with Crippen LogP contribution in [-0.2, 0) is 9.47 Å². The van der Waals surface area contributed by atoms with Crippen LogP contribution in [0.15, 0.2) is 114 Å². The van der Waals surface area contributed by atoms with Crippen molar-refractivity contribution in [1.82, 2.24) is 5.32 Å². The van der Waals surface area contributed by atoms with Gasteiger partial charge >= 0.3 is 6.09 Å². The molecule has 1 aliphatic heterocycles. The van der Waals surface area contributed by atoms with Crippen LogP contribution in [0.25, 0.3) is 11.1 Å². The van der Waals surface area contributed by atoms with Crippen LogP contribution in [0.3, 0.4) is 0 Å². The Bertz CT molecular complexity index is 1360. The predicted molar refractivity (Wildman–Crippen MR) is 140 cm³/mol. The van der Waals surface area contributed by atoms with Crippen LogP contribution in [0.1, 0.15) is 40.3 Å². The number of nitrogens with one attached hydrogen (secondary N) is 1.